The fourth-order valence-electron chi connectivity index (χ4n) is 2.80. The second-order valence-corrected chi connectivity index (χ2v) is 8.07. The van der Waals surface area contributed by atoms with Crippen molar-refractivity contribution in [2.75, 3.05) is 18.8 Å². The number of aliphatic carboxylic acids is 1. The van der Waals surface area contributed by atoms with Crippen LogP contribution >= 0.6 is 12.6 Å². The summed E-state index contributed by atoms with van der Waals surface area (Å²) in [7, 11) is 0. The van der Waals surface area contributed by atoms with Crippen molar-refractivity contribution in [3.63, 3.8) is 0 Å². The third kappa shape index (κ3) is 12.6. The summed E-state index contributed by atoms with van der Waals surface area (Å²) in [5.41, 5.74) is 21.8. The maximum absolute atomic E-state index is 12.8. The van der Waals surface area contributed by atoms with Gasteiger partial charge < -0.3 is 49.1 Å². The molecule has 34 heavy (non-hydrogen) atoms. The lowest BCUT2D eigenvalue weighted by atomic mass is 10.1. The van der Waals surface area contributed by atoms with Crippen LogP contribution in [0.3, 0.4) is 0 Å². The summed E-state index contributed by atoms with van der Waals surface area (Å²) in [5.74, 6) is -3.90. The zero-order chi connectivity index (χ0) is 26.3. The van der Waals surface area contributed by atoms with E-state index in [1.807, 2.05) is 0 Å². The summed E-state index contributed by atoms with van der Waals surface area (Å²) in [6.07, 6.45) is 0.646. The van der Waals surface area contributed by atoms with E-state index in [4.69, 9.17) is 28.0 Å². The van der Waals surface area contributed by atoms with Gasteiger partial charge in [0.1, 0.15) is 18.1 Å². The number of carboxylic acids is 1. The van der Waals surface area contributed by atoms with Crippen LogP contribution in [0.5, 0.6) is 0 Å². The maximum Gasteiger partial charge on any atom is 0.327 e. The van der Waals surface area contributed by atoms with E-state index >= 15 is 0 Å². The number of aliphatic hydroxyl groups excluding tert-OH is 1. The van der Waals surface area contributed by atoms with E-state index in [0.717, 1.165) is 0 Å². The third-order valence-corrected chi connectivity index (χ3v) is 5.11. The van der Waals surface area contributed by atoms with Crippen molar-refractivity contribution in [2.24, 2.45) is 27.9 Å². The Bertz CT molecular complexity index is 704. The van der Waals surface area contributed by atoms with Gasteiger partial charge in [-0.05, 0) is 39.2 Å². The molecule has 0 aliphatic rings. The first-order chi connectivity index (χ1) is 15.9. The zero-order valence-corrected chi connectivity index (χ0v) is 20.2. The molecule has 0 aromatic carbocycles. The van der Waals surface area contributed by atoms with Crippen LogP contribution < -0.4 is 38.9 Å². The van der Waals surface area contributed by atoms with Gasteiger partial charge in [0.2, 0.25) is 17.7 Å². The molecule has 0 heterocycles. The second-order valence-electron chi connectivity index (χ2n) is 7.71. The highest BCUT2D eigenvalue weighted by atomic mass is 32.1. The van der Waals surface area contributed by atoms with Crippen molar-refractivity contribution in [1.29, 1.82) is 0 Å². The molecule has 0 aliphatic carbocycles. The van der Waals surface area contributed by atoms with Gasteiger partial charge in [-0.3, -0.25) is 19.4 Å². The average Bonchev–Trinajstić information content (AvgIpc) is 2.76. The molecule has 0 saturated carbocycles. The summed E-state index contributed by atoms with van der Waals surface area (Å²) >= 11 is 3.89. The number of hydrogen-bond acceptors (Lipinski definition) is 9. The molecular weight excluding hydrogens is 468 g/mol. The molecule has 0 rings (SSSR count). The van der Waals surface area contributed by atoms with Crippen LogP contribution in [0.2, 0.25) is 0 Å². The van der Waals surface area contributed by atoms with E-state index < -0.39 is 54.0 Å². The lowest BCUT2D eigenvalue weighted by Crippen LogP contribution is -2.59. The SMILES string of the molecule is CC(O)C(NC(=O)C(N)CCCCN)C(=O)NC(CCCN=C(N)N)C(=O)NC(CS)C(=O)O. The molecular formula is C19H38N8O6S. The number of aliphatic imine (C=N–C) groups is 1. The Morgan fingerprint density at radius 2 is 1.56 bits per heavy atom. The molecule has 0 fully saturated rings. The maximum atomic E-state index is 12.8. The molecule has 0 aromatic heterocycles. The molecule has 15 heteroatoms. The molecule has 14 nitrogen and oxygen atoms in total. The van der Waals surface area contributed by atoms with E-state index in [9.17, 15) is 24.3 Å². The first-order valence-electron chi connectivity index (χ1n) is 10.9. The van der Waals surface area contributed by atoms with Crippen LogP contribution in [0, 0.1) is 0 Å². The lowest BCUT2D eigenvalue weighted by Gasteiger charge is -2.26. The highest BCUT2D eigenvalue weighted by Crippen LogP contribution is 2.04. The van der Waals surface area contributed by atoms with E-state index in [2.05, 4.69) is 33.6 Å². The van der Waals surface area contributed by atoms with E-state index in [1.165, 1.54) is 6.92 Å². The molecule has 0 bridgehead atoms. The number of carboxylic acid groups (broad SMARTS) is 1. The van der Waals surface area contributed by atoms with E-state index in [1.54, 1.807) is 0 Å². The molecule has 13 N–H and O–H groups in total. The van der Waals surface area contributed by atoms with Gasteiger partial charge in [0.15, 0.2) is 5.96 Å². The fourth-order valence-corrected chi connectivity index (χ4v) is 3.04. The number of thiol groups is 1. The molecule has 196 valence electrons. The normalized spacial score (nSPS) is 15.2. The van der Waals surface area contributed by atoms with Gasteiger partial charge in [-0.1, -0.05) is 6.42 Å². The van der Waals surface area contributed by atoms with E-state index in [0.29, 0.717) is 25.8 Å². The predicted molar refractivity (Wildman–Crippen MR) is 130 cm³/mol. The van der Waals surface area contributed by atoms with Crippen LogP contribution in [-0.4, -0.2) is 89.0 Å². The number of carbonyl (C=O) groups excluding carboxylic acids is 3. The van der Waals surface area contributed by atoms with Crippen LogP contribution in [-0.2, 0) is 19.2 Å². The Morgan fingerprint density at radius 1 is 0.941 bits per heavy atom. The second kappa shape index (κ2) is 16.9. The van der Waals surface area contributed by atoms with Gasteiger partial charge in [-0.15, -0.1) is 0 Å². The number of unbranched alkanes of at least 4 members (excludes halogenated alkanes) is 1. The Kier molecular flexibility index (Phi) is 15.6. The minimum Gasteiger partial charge on any atom is -0.480 e. The smallest absolute Gasteiger partial charge is 0.327 e. The number of carbonyl (C=O) groups is 4. The van der Waals surface area contributed by atoms with Crippen molar-refractivity contribution in [2.45, 2.75) is 69.3 Å². The number of hydrogen-bond donors (Lipinski definition) is 10. The number of nitrogens with two attached hydrogens (primary N) is 4. The standard InChI is InChI=1S/C19H38N8O6S/c1-10(28)14(27-15(29)11(21)5-2-3-7-20)17(31)25-12(6-4-8-24-19(22)23)16(30)26-13(9-34)18(32)33/h10-14,28,34H,2-9,20-21H2,1H3,(H,25,31)(H,26,30)(H,27,29)(H,32,33)(H4,22,23,24). The molecule has 3 amide bonds. The van der Waals surface area contributed by atoms with Crippen molar-refractivity contribution in [1.82, 2.24) is 16.0 Å². The topological polar surface area (TPSA) is 261 Å². The molecule has 5 atom stereocenters. The monoisotopic (exact) mass is 506 g/mol. The van der Waals surface area contributed by atoms with Gasteiger partial charge in [0.25, 0.3) is 0 Å². The first kappa shape index (κ1) is 31.4. The van der Waals surface area contributed by atoms with Crippen molar-refractivity contribution >= 4 is 42.3 Å². The Hall–Kier alpha value is -2.62. The minimum absolute atomic E-state index is 0.0480. The molecule has 0 saturated heterocycles. The summed E-state index contributed by atoms with van der Waals surface area (Å²) in [5, 5.41) is 26.3. The zero-order valence-electron chi connectivity index (χ0n) is 19.3. The van der Waals surface area contributed by atoms with Gasteiger partial charge >= 0.3 is 5.97 Å². The fraction of sp³-hybridized carbons (Fsp3) is 0.737. The number of amides is 3. The molecule has 0 aromatic rings. The van der Waals surface area contributed by atoms with Gasteiger partial charge in [0.05, 0.1) is 12.1 Å². The van der Waals surface area contributed by atoms with Crippen molar-refractivity contribution in [3.05, 3.63) is 0 Å². The highest BCUT2D eigenvalue weighted by molar-refractivity contribution is 7.80. The number of nitrogens with one attached hydrogen (secondary N) is 3. The van der Waals surface area contributed by atoms with E-state index in [-0.39, 0.29) is 31.1 Å². The van der Waals surface area contributed by atoms with Gasteiger partial charge in [-0.2, -0.15) is 12.6 Å². The van der Waals surface area contributed by atoms with Crippen molar-refractivity contribution in [3.8, 4) is 0 Å². The van der Waals surface area contributed by atoms with Crippen LogP contribution in [0.1, 0.15) is 39.0 Å². The first-order valence-corrected chi connectivity index (χ1v) is 11.5. The molecule has 5 unspecified atom stereocenters. The highest BCUT2D eigenvalue weighted by Gasteiger charge is 2.32. The van der Waals surface area contributed by atoms with Crippen LogP contribution in [0.15, 0.2) is 4.99 Å². The summed E-state index contributed by atoms with van der Waals surface area (Å²) < 4.78 is 0. The Labute approximate surface area is 204 Å². The summed E-state index contributed by atoms with van der Waals surface area (Å²) in [6.45, 7) is 1.90. The summed E-state index contributed by atoms with van der Waals surface area (Å²) in [4.78, 5) is 52.9. The van der Waals surface area contributed by atoms with Gasteiger partial charge in [-0.25, -0.2) is 4.79 Å². The Morgan fingerprint density at radius 3 is 2.06 bits per heavy atom. The van der Waals surface area contributed by atoms with Crippen LogP contribution in [0.4, 0.5) is 0 Å². The summed E-state index contributed by atoms with van der Waals surface area (Å²) in [6, 6.07) is -4.79. The lowest BCUT2D eigenvalue weighted by molar-refractivity contribution is -0.141. The largest absolute Gasteiger partial charge is 0.480 e. The third-order valence-electron chi connectivity index (χ3n) is 4.74. The minimum atomic E-state index is -1.40. The molecule has 0 radical (unpaired) electrons. The quantitative estimate of drug-likeness (QED) is 0.0400. The molecule has 0 spiro atoms. The number of guanidine groups is 1. The number of aliphatic hydroxyl groups is 1. The molecule has 0 aliphatic heterocycles. The van der Waals surface area contributed by atoms with Crippen molar-refractivity contribution < 1.29 is 29.4 Å². The average molecular weight is 507 g/mol. The number of rotatable bonds is 17. The van der Waals surface area contributed by atoms with Gasteiger partial charge in [0, 0.05) is 12.3 Å². The Balaban J connectivity index is 5.37. The van der Waals surface area contributed by atoms with Crippen LogP contribution in [0.25, 0.3) is 0 Å². The number of nitrogens with zero attached hydrogens (tertiary/aromatic N) is 1. The predicted octanol–water partition coefficient (Wildman–Crippen LogP) is -3.65.